The third-order valence-corrected chi connectivity index (χ3v) is 5.95. The molecule has 0 N–H and O–H groups in total. The van der Waals surface area contributed by atoms with E-state index in [4.69, 9.17) is 0 Å². The Morgan fingerprint density at radius 1 is 1.06 bits per heavy atom. The second kappa shape index (κ2) is 8.52. The molecule has 1 aliphatic rings. The van der Waals surface area contributed by atoms with Gasteiger partial charge in [-0.2, -0.15) is 13.2 Å². The Bertz CT molecular complexity index is 1470. The predicted molar refractivity (Wildman–Crippen MR) is 118 cm³/mol. The molecule has 1 saturated heterocycles. The molecule has 0 spiro atoms. The van der Waals surface area contributed by atoms with Crippen LogP contribution >= 0.6 is 0 Å². The summed E-state index contributed by atoms with van der Waals surface area (Å²) in [7, 11) is 2.77. The first kappa shape index (κ1) is 23.9. The van der Waals surface area contributed by atoms with Crippen molar-refractivity contribution in [1.82, 2.24) is 19.0 Å². The first-order valence-corrected chi connectivity index (χ1v) is 10.4. The fraction of sp³-hybridized carbons (Fsp3) is 0.333. The van der Waals surface area contributed by atoms with Gasteiger partial charge in [0.15, 0.2) is 0 Å². The minimum absolute atomic E-state index is 0.0342. The highest BCUT2D eigenvalue weighted by atomic mass is 19.4. The summed E-state index contributed by atoms with van der Waals surface area (Å²) in [6.45, 7) is 0.575. The lowest BCUT2D eigenvalue weighted by Gasteiger charge is -2.36. The van der Waals surface area contributed by atoms with Crippen LogP contribution in [0.2, 0.25) is 0 Å². The van der Waals surface area contributed by atoms with Crippen molar-refractivity contribution in [3.8, 4) is 0 Å². The Kier molecular flexibility index (Phi) is 5.82. The highest BCUT2D eigenvalue weighted by Gasteiger charge is 2.34. The first-order chi connectivity index (χ1) is 16.4. The van der Waals surface area contributed by atoms with E-state index in [0.717, 1.165) is 16.7 Å². The van der Waals surface area contributed by atoms with Crippen molar-refractivity contribution in [1.29, 1.82) is 0 Å². The topological polar surface area (TPSA) is 124 Å². The van der Waals surface area contributed by atoms with E-state index in [1.54, 1.807) is 4.90 Å². The van der Waals surface area contributed by atoms with Gasteiger partial charge in [0.25, 0.3) is 17.2 Å². The zero-order chi connectivity index (χ0) is 25.7. The molecule has 0 bridgehead atoms. The molecule has 0 aliphatic carbocycles. The number of alkyl halides is 3. The molecule has 2 aromatic heterocycles. The van der Waals surface area contributed by atoms with Crippen LogP contribution in [0.25, 0.3) is 11.0 Å². The zero-order valence-electron chi connectivity index (χ0n) is 18.6. The molecular weight excluding hydrogens is 473 g/mol. The largest absolute Gasteiger partial charge is 0.416 e. The van der Waals surface area contributed by atoms with Crippen molar-refractivity contribution in [3.63, 3.8) is 0 Å². The molecule has 184 valence electrons. The van der Waals surface area contributed by atoms with E-state index in [2.05, 4.69) is 4.98 Å². The number of amides is 1. The number of hydrogen-bond donors (Lipinski definition) is 0. The Balaban J connectivity index is 1.56. The lowest BCUT2D eigenvalue weighted by Crippen LogP contribution is -2.49. The number of piperazine rings is 1. The maximum absolute atomic E-state index is 13.0. The molecule has 3 heterocycles. The molecule has 4 rings (SSSR count). The van der Waals surface area contributed by atoms with Crippen LogP contribution in [0.5, 0.6) is 0 Å². The number of halogens is 3. The Morgan fingerprint density at radius 3 is 2.31 bits per heavy atom. The Morgan fingerprint density at radius 2 is 1.71 bits per heavy atom. The normalized spacial score (nSPS) is 14.4. The number of pyridine rings is 1. The lowest BCUT2D eigenvalue weighted by atomic mass is 10.1. The third kappa shape index (κ3) is 4.22. The van der Waals surface area contributed by atoms with Gasteiger partial charge in [0.1, 0.15) is 11.3 Å². The molecule has 1 fully saturated rings. The monoisotopic (exact) mass is 492 g/mol. The number of fused-ring (bicyclic) bond motifs is 1. The van der Waals surface area contributed by atoms with Gasteiger partial charge in [0.05, 0.1) is 21.4 Å². The van der Waals surface area contributed by atoms with Crippen LogP contribution in [0, 0.1) is 10.1 Å². The zero-order valence-corrected chi connectivity index (χ0v) is 18.6. The van der Waals surface area contributed by atoms with Crippen LogP contribution in [0.3, 0.4) is 0 Å². The highest BCUT2D eigenvalue weighted by molar-refractivity contribution is 5.97. The molecule has 14 heteroatoms. The molecule has 11 nitrogen and oxygen atoms in total. The van der Waals surface area contributed by atoms with Gasteiger partial charge in [-0.1, -0.05) is 0 Å². The molecule has 1 amide bonds. The molecule has 3 aromatic rings. The van der Waals surface area contributed by atoms with Crippen molar-refractivity contribution in [2.45, 2.75) is 6.18 Å². The molecule has 0 saturated carbocycles. The average molecular weight is 492 g/mol. The minimum atomic E-state index is -4.71. The van der Waals surface area contributed by atoms with Crippen LogP contribution in [0.15, 0.2) is 40.1 Å². The van der Waals surface area contributed by atoms with Crippen molar-refractivity contribution in [3.05, 3.63) is 72.5 Å². The van der Waals surface area contributed by atoms with E-state index >= 15 is 0 Å². The van der Waals surface area contributed by atoms with Gasteiger partial charge >= 0.3 is 11.9 Å². The number of nitro benzene ring substituents is 1. The summed E-state index contributed by atoms with van der Waals surface area (Å²) in [4.78, 5) is 55.2. The van der Waals surface area contributed by atoms with E-state index in [-0.39, 0.29) is 48.5 Å². The summed E-state index contributed by atoms with van der Waals surface area (Å²) in [6.07, 6.45) is -3.45. The quantitative estimate of drug-likeness (QED) is 0.401. The maximum Gasteiger partial charge on any atom is 0.416 e. The number of hydrogen-bond acceptors (Lipinski definition) is 7. The second-order valence-electron chi connectivity index (χ2n) is 8.04. The molecule has 1 aliphatic heterocycles. The van der Waals surface area contributed by atoms with E-state index < -0.39 is 39.5 Å². The molecule has 0 unspecified atom stereocenters. The van der Waals surface area contributed by atoms with E-state index in [0.29, 0.717) is 6.07 Å². The third-order valence-electron chi connectivity index (χ3n) is 5.95. The van der Waals surface area contributed by atoms with Gasteiger partial charge in [0.2, 0.25) is 0 Å². The average Bonchev–Trinajstić information content (AvgIpc) is 2.84. The number of nitro groups is 1. The smallest absolute Gasteiger partial charge is 0.362 e. The Hall–Kier alpha value is -4.23. The maximum atomic E-state index is 13.0. The second-order valence-corrected chi connectivity index (χ2v) is 8.04. The summed E-state index contributed by atoms with van der Waals surface area (Å²) >= 11 is 0. The van der Waals surface area contributed by atoms with E-state index in [9.17, 15) is 37.7 Å². The fourth-order valence-corrected chi connectivity index (χ4v) is 4.03. The number of aryl methyl sites for hydroxylation is 1. The summed E-state index contributed by atoms with van der Waals surface area (Å²) < 4.78 is 41.0. The SMILES string of the molecule is Cn1c(=O)c2cc(C(=O)N3CCN(c4ccc(C(F)(F)F)cc4[N+](=O)[O-])CC3)cnc2n(C)c1=O. The van der Waals surface area contributed by atoms with Gasteiger partial charge in [-0.15, -0.1) is 0 Å². The predicted octanol–water partition coefficient (Wildman–Crippen LogP) is 1.52. The summed E-state index contributed by atoms with van der Waals surface area (Å²) in [6, 6.07) is 3.71. The summed E-state index contributed by atoms with van der Waals surface area (Å²) in [5.74, 6) is -0.433. The van der Waals surface area contributed by atoms with Crippen LogP contribution in [0.1, 0.15) is 15.9 Å². The molecular formula is C21H19F3N6O5. The number of rotatable bonds is 3. The number of carbonyl (C=O) groups excluding carboxylic acids is 1. The van der Waals surface area contributed by atoms with Gasteiger partial charge in [-0.3, -0.25) is 28.8 Å². The van der Waals surface area contributed by atoms with Gasteiger partial charge < -0.3 is 9.80 Å². The lowest BCUT2D eigenvalue weighted by molar-refractivity contribution is -0.384. The van der Waals surface area contributed by atoms with Crippen molar-refractivity contribution in [2.75, 3.05) is 31.1 Å². The van der Waals surface area contributed by atoms with Crippen LogP contribution in [-0.4, -0.2) is 56.0 Å². The first-order valence-electron chi connectivity index (χ1n) is 10.4. The van der Waals surface area contributed by atoms with Gasteiger partial charge in [-0.25, -0.2) is 9.78 Å². The summed E-state index contributed by atoms with van der Waals surface area (Å²) in [5, 5.41) is 11.5. The van der Waals surface area contributed by atoms with Crippen LogP contribution in [0.4, 0.5) is 24.5 Å². The molecule has 0 atom stereocenters. The number of benzene rings is 1. The van der Waals surface area contributed by atoms with Crippen LogP contribution < -0.4 is 16.1 Å². The molecule has 35 heavy (non-hydrogen) atoms. The van der Waals surface area contributed by atoms with Crippen molar-refractivity contribution >= 4 is 28.3 Å². The standard InChI is InChI=1S/C21H19F3N6O5/c1-26-17-14(19(32)27(2)20(26)33)9-12(11-25-17)18(31)29-7-5-28(6-8-29)15-4-3-13(21(22,23)24)10-16(15)30(34)35/h3-4,9-11H,5-8H2,1-2H3. The van der Waals surface area contributed by atoms with E-state index in [1.165, 1.54) is 35.8 Å². The molecule has 0 radical (unpaired) electrons. The van der Waals surface area contributed by atoms with Crippen molar-refractivity contribution < 1.29 is 22.9 Å². The van der Waals surface area contributed by atoms with Gasteiger partial charge in [-0.05, 0) is 18.2 Å². The van der Waals surface area contributed by atoms with Crippen LogP contribution in [-0.2, 0) is 20.3 Å². The Labute approximate surface area is 194 Å². The van der Waals surface area contributed by atoms with E-state index in [1.807, 2.05) is 0 Å². The number of anilines is 1. The number of nitrogens with zero attached hydrogens (tertiary/aromatic N) is 6. The number of carbonyl (C=O) groups is 1. The highest BCUT2D eigenvalue weighted by Crippen LogP contribution is 2.36. The van der Waals surface area contributed by atoms with Gasteiger partial charge in [0, 0.05) is 52.5 Å². The summed E-state index contributed by atoms with van der Waals surface area (Å²) in [5.41, 5.74) is -2.63. The fourth-order valence-electron chi connectivity index (χ4n) is 4.03. The minimum Gasteiger partial charge on any atom is -0.362 e. The molecule has 1 aromatic carbocycles. The van der Waals surface area contributed by atoms with Crippen molar-refractivity contribution in [2.24, 2.45) is 14.1 Å². The number of aromatic nitrogens is 3.